The van der Waals surface area contributed by atoms with Gasteiger partial charge in [0.05, 0.1) is 16.7 Å². The number of rotatable bonds is 5. The molecule has 0 saturated heterocycles. The van der Waals surface area contributed by atoms with Crippen LogP contribution in [0.4, 0.5) is 0 Å². The summed E-state index contributed by atoms with van der Waals surface area (Å²) in [5, 5.41) is 0. The van der Waals surface area contributed by atoms with Gasteiger partial charge in [0.1, 0.15) is 5.82 Å². The number of para-hydroxylation sites is 3. The van der Waals surface area contributed by atoms with E-state index in [9.17, 15) is 2.74 Å². The van der Waals surface area contributed by atoms with E-state index in [1.54, 1.807) is 48.5 Å². The summed E-state index contributed by atoms with van der Waals surface area (Å²) in [5.74, 6) is -7.08. The summed E-state index contributed by atoms with van der Waals surface area (Å²) >= 11 is 0. The van der Waals surface area contributed by atoms with Gasteiger partial charge in [-0.05, 0) is 64.7 Å². The zero-order valence-electron chi connectivity index (χ0n) is 35.1. The third kappa shape index (κ3) is 3.84. The maximum atomic E-state index is 9.18. The molecule has 0 aliphatic carbocycles. The molecule has 0 fully saturated rings. The number of nitrogens with zero attached hydrogens (tertiary/aromatic N) is 2. The van der Waals surface area contributed by atoms with E-state index in [4.69, 9.17) is 25.5 Å². The van der Waals surface area contributed by atoms with Crippen LogP contribution in [0.15, 0.2) is 91.0 Å². The third-order valence-electron chi connectivity index (χ3n) is 5.72. The van der Waals surface area contributed by atoms with Crippen molar-refractivity contribution in [2.24, 2.45) is 0 Å². The van der Waals surface area contributed by atoms with Gasteiger partial charge in [0.15, 0.2) is 0 Å². The van der Waals surface area contributed by atoms with E-state index < -0.39 is 62.9 Å². The van der Waals surface area contributed by atoms with Crippen LogP contribution in [0, 0.1) is 6.85 Å². The molecule has 0 saturated carbocycles. The van der Waals surface area contributed by atoms with Crippen LogP contribution in [0.25, 0.3) is 39.2 Å². The molecule has 170 valence electrons. The first kappa shape index (κ1) is 9.92. The van der Waals surface area contributed by atoms with Gasteiger partial charge in [-0.2, -0.15) is 0 Å². The van der Waals surface area contributed by atoms with Gasteiger partial charge in [0.2, 0.25) is 0 Å². The Hall–Kier alpha value is -3.65. The fraction of sp³-hybridized carbons (Fsp3) is 0.219. The monoisotopic (exact) mass is 461 g/mol. The Bertz CT molecular complexity index is 1980. The molecular weight excluding hydrogens is 412 g/mol. The first-order valence-corrected chi connectivity index (χ1v) is 10.6. The number of benzene rings is 4. The van der Waals surface area contributed by atoms with Crippen molar-refractivity contribution < 1.29 is 23.3 Å². The molecular formula is C32H32N2. The molecule has 1 heterocycles. The van der Waals surface area contributed by atoms with Crippen LogP contribution in [0.3, 0.4) is 0 Å². The highest BCUT2D eigenvalue weighted by Gasteiger charge is 2.22. The van der Waals surface area contributed by atoms with Crippen molar-refractivity contribution in [1.29, 1.82) is 0 Å². The average molecular weight is 462 g/mol. The van der Waals surface area contributed by atoms with Crippen molar-refractivity contribution in [2.45, 2.75) is 46.0 Å². The quantitative estimate of drug-likeness (QED) is 0.255. The Kier molecular flexibility index (Phi) is 2.61. The molecule has 0 unspecified atom stereocenters. The zero-order valence-corrected chi connectivity index (χ0v) is 18.1. The van der Waals surface area contributed by atoms with Crippen molar-refractivity contribution in [2.75, 3.05) is 0 Å². The van der Waals surface area contributed by atoms with Crippen molar-refractivity contribution >= 4 is 11.0 Å². The second-order valence-corrected chi connectivity index (χ2v) is 7.84. The van der Waals surface area contributed by atoms with E-state index in [0.717, 1.165) is 18.2 Å². The lowest BCUT2D eigenvalue weighted by Crippen LogP contribution is -2.08. The molecule has 2 nitrogen and oxygen atoms in total. The molecule has 4 aromatic carbocycles. The second kappa shape index (κ2) is 8.95. The summed E-state index contributed by atoms with van der Waals surface area (Å²) in [6.07, 6.45) is 0. The number of hydrogen-bond donors (Lipinski definition) is 0. The summed E-state index contributed by atoms with van der Waals surface area (Å²) < 4.78 is 144. The van der Waals surface area contributed by atoms with Gasteiger partial charge in [0, 0.05) is 28.9 Å². The second-order valence-electron chi connectivity index (χ2n) is 7.84. The normalized spacial score (nSPS) is 21.5. The summed E-state index contributed by atoms with van der Waals surface area (Å²) in [7, 11) is 0. The molecule has 0 bridgehead atoms. The van der Waals surface area contributed by atoms with Crippen LogP contribution in [-0.4, -0.2) is 9.55 Å². The maximum absolute atomic E-state index is 9.18. The van der Waals surface area contributed by atoms with Crippen molar-refractivity contribution in [3.05, 3.63) is 108 Å². The third-order valence-corrected chi connectivity index (χ3v) is 5.72. The highest BCUT2D eigenvalue weighted by molar-refractivity contribution is 5.85. The lowest BCUT2D eigenvalue weighted by molar-refractivity contribution is 0.811. The molecule has 0 aliphatic rings. The first-order chi connectivity index (χ1) is 23.3. The zero-order chi connectivity index (χ0) is 38.2. The van der Waals surface area contributed by atoms with Gasteiger partial charge in [0.25, 0.3) is 0 Å². The Morgan fingerprint density at radius 2 is 1.44 bits per heavy atom. The lowest BCUT2D eigenvalue weighted by atomic mass is 9.92. The molecule has 0 aliphatic heterocycles. The van der Waals surface area contributed by atoms with E-state index in [1.807, 2.05) is 0 Å². The lowest BCUT2D eigenvalue weighted by Gasteiger charge is -2.22. The fourth-order valence-corrected chi connectivity index (χ4v) is 4.17. The van der Waals surface area contributed by atoms with Crippen LogP contribution in [-0.2, 0) is 0 Å². The van der Waals surface area contributed by atoms with Crippen LogP contribution in [0.5, 0.6) is 0 Å². The van der Waals surface area contributed by atoms with E-state index >= 15 is 0 Å². The van der Waals surface area contributed by atoms with Crippen molar-refractivity contribution in [3.63, 3.8) is 0 Å². The molecule has 1 aromatic heterocycles. The van der Waals surface area contributed by atoms with E-state index in [1.165, 1.54) is 28.8 Å². The Labute approximate surface area is 226 Å². The average Bonchev–Trinajstić information content (AvgIpc) is 3.40. The Balaban J connectivity index is 2.06. The molecule has 0 radical (unpaired) electrons. The largest absolute Gasteiger partial charge is 0.292 e. The number of aromatic nitrogens is 2. The summed E-state index contributed by atoms with van der Waals surface area (Å²) in [4.78, 5) is 4.72. The van der Waals surface area contributed by atoms with Gasteiger partial charge < -0.3 is 0 Å². The SMILES string of the molecule is [2H]C([2H])([2H])c1ccc(-c2nc3ccccc3n2-c2c(C([2H])(C([2H])([2H])[2H])C([2H])([2H])[2H])cccc2C([2H])(C([2H])([2H])[2H])C([2H])([2H])[2H])cc1-c1ccccc1. The van der Waals surface area contributed by atoms with Crippen LogP contribution in [0.2, 0.25) is 0 Å². The molecule has 5 aromatic rings. The predicted octanol–water partition coefficient (Wildman–Crippen LogP) is 8.91. The minimum absolute atomic E-state index is 0.0221. The predicted molar refractivity (Wildman–Crippen MR) is 145 cm³/mol. The number of hydrogen-bond acceptors (Lipinski definition) is 1. The van der Waals surface area contributed by atoms with Crippen molar-refractivity contribution in [1.82, 2.24) is 9.55 Å². The summed E-state index contributed by atoms with van der Waals surface area (Å²) in [5.41, 5.74) is -0.952. The Morgan fingerprint density at radius 3 is 2.15 bits per heavy atom. The molecule has 0 spiro atoms. The highest BCUT2D eigenvalue weighted by atomic mass is 15.1. The molecule has 0 amide bonds. The smallest absolute Gasteiger partial charge is 0.145 e. The van der Waals surface area contributed by atoms with Crippen LogP contribution < -0.4 is 0 Å². The van der Waals surface area contributed by atoms with Gasteiger partial charge >= 0.3 is 0 Å². The highest BCUT2D eigenvalue weighted by Crippen LogP contribution is 2.38. The molecule has 5 rings (SSSR count). The van der Waals surface area contributed by atoms with Crippen LogP contribution in [0.1, 0.15) is 79.2 Å². The van der Waals surface area contributed by atoms with E-state index in [-0.39, 0.29) is 33.5 Å². The summed E-state index contributed by atoms with van der Waals surface area (Å²) in [6, 6.07) is 22.0. The van der Waals surface area contributed by atoms with Gasteiger partial charge in [-0.15, -0.1) is 0 Å². The topological polar surface area (TPSA) is 17.8 Å². The molecule has 0 N–H and O–H groups in total. The fourth-order valence-electron chi connectivity index (χ4n) is 4.17. The van der Waals surface area contributed by atoms with Gasteiger partial charge in [-0.25, -0.2) is 4.98 Å². The minimum atomic E-state index is -3.60. The number of aryl methyl sites for hydroxylation is 1. The van der Waals surface area contributed by atoms with Crippen LogP contribution >= 0.6 is 0 Å². The Morgan fingerprint density at radius 1 is 0.735 bits per heavy atom. The molecule has 2 heteroatoms. The maximum Gasteiger partial charge on any atom is 0.145 e. The molecule has 0 atom stereocenters. The number of fused-ring (bicyclic) bond motifs is 1. The van der Waals surface area contributed by atoms with Crippen molar-refractivity contribution in [3.8, 4) is 28.2 Å². The van der Waals surface area contributed by atoms with E-state index in [2.05, 4.69) is 0 Å². The molecule has 34 heavy (non-hydrogen) atoms. The standard InChI is InChI=1S/C32H32N2/c1-21(2)26-14-11-15-27(22(3)4)31(26)34-30-17-10-9-16-29(30)33-32(34)25-19-18-23(5)28(20-25)24-12-7-6-8-13-24/h6-22H,1-5H3/i1D3,2D3,3D3,4D3,5D3,21D,22D. The first-order valence-electron chi connectivity index (χ1n) is 19.1. The minimum Gasteiger partial charge on any atom is -0.292 e. The van der Waals surface area contributed by atoms with Gasteiger partial charge in [-0.1, -0.05) is 100 Å². The number of imidazole rings is 1. The van der Waals surface area contributed by atoms with E-state index in [0.29, 0.717) is 5.56 Å². The van der Waals surface area contributed by atoms with Gasteiger partial charge in [-0.3, -0.25) is 4.57 Å². The summed E-state index contributed by atoms with van der Waals surface area (Å²) in [6.45, 7) is -17.0.